The minimum atomic E-state index is -0.242. The van der Waals surface area contributed by atoms with E-state index >= 15 is 0 Å². The van der Waals surface area contributed by atoms with Gasteiger partial charge in [0.1, 0.15) is 5.69 Å². The summed E-state index contributed by atoms with van der Waals surface area (Å²) in [4.78, 5) is 4.18. The lowest BCUT2D eigenvalue weighted by Crippen LogP contribution is -2.09. The number of benzene rings is 1. The van der Waals surface area contributed by atoms with Crippen molar-refractivity contribution in [2.24, 2.45) is 10.9 Å². The summed E-state index contributed by atoms with van der Waals surface area (Å²) in [5.41, 5.74) is 1.52. The van der Waals surface area contributed by atoms with Gasteiger partial charge >= 0.3 is 0 Å². The second-order valence-corrected chi connectivity index (χ2v) is 4.37. The maximum Gasteiger partial charge on any atom is 0.163 e. The number of nitrogens with zero attached hydrogens (tertiary/aromatic N) is 1. The molecule has 1 unspecified atom stereocenters. The first-order valence-electron chi connectivity index (χ1n) is 4.73. The maximum absolute atomic E-state index is 13.6. The fourth-order valence-corrected chi connectivity index (χ4v) is 1.97. The van der Waals surface area contributed by atoms with Crippen LogP contribution in [0, 0.1) is 11.7 Å². The van der Waals surface area contributed by atoms with E-state index in [0.29, 0.717) is 16.1 Å². The van der Waals surface area contributed by atoms with Crippen LogP contribution in [0.15, 0.2) is 21.6 Å². The van der Waals surface area contributed by atoms with Crippen LogP contribution in [0.3, 0.4) is 0 Å². The summed E-state index contributed by atoms with van der Waals surface area (Å²) in [6.45, 7) is 2.12. The van der Waals surface area contributed by atoms with Crippen molar-refractivity contribution in [3.63, 3.8) is 0 Å². The van der Waals surface area contributed by atoms with E-state index in [1.807, 2.05) is 12.3 Å². The van der Waals surface area contributed by atoms with Gasteiger partial charge in [-0.1, -0.05) is 13.0 Å². The van der Waals surface area contributed by atoms with Gasteiger partial charge in [0.25, 0.3) is 0 Å². The molecule has 1 atom stereocenters. The number of aliphatic imine (C=N–C) groups is 1. The summed E-state index contributed by atoms with van der Waals surface area (Å²) in [5.74, 6) is 0.219. The van der Waals surface area contributed by atoms with Crippen molar-refractivity contribution in [2.45, 2.75) is 19.8 Å². The molecule has 1 nitrogen and oxygen atoms in total. The number of rotatable bonds is 1. The third-order valence-corrected chi connectivity index (χ3v) is 3.19. The molecule has 0 spiro atoms. The van der Waals surface area contributed by atoms with Crippen molar-refractivity contribution in [3.05, 3.63) is 28.0 Å². The first kappa shape index (κ1) is 9.84. The van der Waals surface area contributed by atoms with Crippen molar-refractivity contribution in [1.29, 1.82) is 0 Å². The molecule has 0 radical (unpaired) electrons. The number of halogens is 2. The maximum atomic E-state index is 13.6. The Morgan fingerprint density at radius 3 is 3.07 bits per heavy atom. The highest BCUT2D eigenvalue weighted by Gasteiger charge is 2.17. The lowest BCUT2D eigenvalue weighted by molar-refractivity contribution is 0.609. The van der Waals surface area contributed by atoms with Gasteiger partial charge in [-0.25, -0.2) is 4.39 Å². The summed E-state index contributed by atoms with van der Waals surface area (Å²) in [5, 5.41) is 0. The van der Waals surface area contributed by atoms with Gasteiger partial charge in [-0.15, -0.1) is 0 Å². The zero-order chi connectivity index (χ0) is 10.1. The van der Waals surface area contributed by atoms with E-state index in [2.05, 4.69) is 27.8 Å². The van der Waals surface area contributed by atoms with E-state index in [4.69, 9.17) is 0 Å². The van der Waals surface area contributed by atoms with Gasteiger partial charge in [0.15, 0.2) is 5.82 Å². The van der Waals surface area contributed by atoms with Crippen LogP contribution in [-0.4, -0.2) is 6.21 Å². The zero-order valence-corrected chi connectivity index (χ0v) is 9.51. The smallest absolute Gasteiger partial charge is 0.163 e. The molecule has 0 aromatic heterocycles. The fourth-order valence-electron chi connectivity index (χ4n) is 1.65. The van der Waals surface area contributed by atoms with E-state index < -0.39 is 0 Å². The quantitative estimate of drug-likeness (QED) is 0.723. The fraction of sp³-hybridized carbons (Fsp3) is 0.364. The standard InChI is InChI=1S/C11H11BrFN/c1-2-7-5-8-3-4-9(12)10(13)11(8)14-6-7/h3-4,6-7H,2,5H2,1H3. The van der Waals surface area contributed by atoms with Crippen LogP contribution in [0.5, 0.6) is 0 Å². The molecule has 0 aliphatic carbocycles. The van der Waals surface area contributed by atoms with Gasteiger partial charge in [-0.2, -0.15) is 0 Å². The van der Waals surface area contributed by atoms with Crippen LogP contribution >= 0.6 is 15.9 Å². The molecule has 1 aromatic carbocycles. The number of hydrogen-bond acceptors (Lipinski definition) is 1. The van der Waals surface area contributed by atoms with Crippen molar-refractivity contribution in [3.8, 4) is 0 Å². The van der Waals surface area contributed by atoms with Gasteiger partial charge in [0.05, 0.1) is 4.47 Å². The van der Waals surface area contributed by atoms with E-state index in [1.54, 1.807) is 6.07 Å². The van der Waals surface area contributed by atoms with Crippen LogP contribution in [0.1, 0.15) is 18.9 Å². The topological polar surface area (TPSA) is 12.4 Å². The van der Waals surface area contributed by atoms with Crippen LogP contribution < -0.4 is 0 Å². The van der Waals surface area contributed by atoms with Crippen LogP contribution in [0.4, 0.5) is 10.1 Å². The Morgan fingerprint density at radius 1 is 1.57 bits per heavy atom. The number of fused-ring (bicyclic) bond motifs is 1. The molecule has 14 heavy (non-hydrogen) atoms. The lowest BCUT2D eigenvalue weighted by Gasteiger charge is -2.17. The average Bonchev–Trinajstić information content (AvgIpc) is 2.23. The van der Waals surface area contributed by atoms with Gasteiger partial charge in [-0.05, 0) is 46.3 Å². The molecular weight excluding hydrogens is 245 g/mol. The average molecular weight is 256 g/mol. The largest absolute Gasteiger partial charge is 0.258 e. The van der Waals surface area contributed by atoms with Gasteiger partial charge in [0.2, 0.25) is 0 Å². The normalized spacial score (nSPS) is 19.5. The molecular formula is C11H11BrFN. The molecule has 74 valence electrons. The van der Waals surface area contributed by atoms with Crippen molar-refractivity contribution < 1.29 is 4.39 Å². The Hall–Kier alpha value is -0.700. The number of hydrogen-bond donors (Lipinski definition) is 0. The van der Waals surface area contributed by atoms with E-state index in [-0.39, 0.29) is 5.82 Å². The summed E-state index contributed by atoms with van der Waals surface area (Å²) >= 11 is 3.16. The molecule has 1 aliphatic heterocycles. The summed E-state index contributed by atoms with van der Waals surface area (Å²) in [6, 6.07) is 3.70. The highest BCUT2D eigenvalue weighted by Crippen LogP contribution is 2.33. The van der Waals surface area contributed by atoms with E-state index in [0.717, 1.165) is 18.4 Å². The molecule has 1 heterocycles. The van der Waals surface area contributed by atoms with Gasteiger partial charge < -0.3 is 0 Å². The third-order valence-electron chi connectivity index (χ3n) is 2.57. The minimum Gasteiger partial charge on any atom is -0.258 e. The molecule has 0 N–H and O–H groups in total. The van der Waals surface area contributed by atoms with Crippen molar-refractivity contribution in [2.75, 3.05) is 0 Å². The summed E-state index contributed by atoms with van der Waals surface area (Å²) in [6.07, 6.45) is 3.82. The third kappa shape index (κ3) is 1.61. The molecule has 0 bridgehead atoms. The highest BCUT2D eigenvalue weighted by atomic mass is 79.9. The van der Waals surface area contributed by atoms with Crippen LogP contribution in [-0.2, 0) is 6.42 Å². The Morgan fingerprint density at radius 2 is 2.36 bits per heavy atom. The summed E-state index contributed by atoms with van der Waals surface area (Å²) < 4.78 is 14.0. The molecule has 0 saturated heterocycles. The molecule has 1 aromatic rings. The zero-order valence-electron chi connectivity index (χ0n) is 7.93. The molecule has 0 amide bonds. The van der Waals surface area contributed by atoms with Crippen LogP contribution in [0.2, 0.25) is 0 Å². The minimum absolute atomic E-state index is 0.242. The Kier molecular flexibility index (Phi) is 2.68. The molecule has 0 fully saturated rings. The second kappa shape index (κ2) is 3.81. The lowest BCUT2D eigenvalue weighted by atomic mass is 9.94. The molecule has 2 rings (SSSR count). The Balaban J connectivity index is 2.45. The predicted octanol–water partition coefficient (Wildman–Crippen LogP) is 3.87. The SMILES string of the molecule is CCC1C=Nc2c(ccc(Br)c2F)C1. The monoisotopic (exact) mass is 255 g/mol. The molecule has 3 heteroatoms. The Bertz CT molecular complexity index is 387. The van der Waals surface area contributed by atoms with Crippen molar-refractivity contribution >= 4 is 27.8 Å². The highest BCUT2D eigenvalue weighted by molar-refractivity contribution is 9.10. The van der Waals surface area contributed by atoms with Gasteiger partial charge in [0, 0.05) is 6.21 Å². The molecule has 1 aliphatic rings. The second-order valence-electron chi connectivity index (χ2n) is 3.52. The summed E-state index contributed by atoms with van der Waals surface area (Å²) in [7, 11) is 0. The van der Waals surface area contributed by atoms with Gasteiger partial charge in [-0.3, -0.25) is 4.99 Å². The van der Waals surface area contributed by atoms with E-state index in [9.17, 15) is 4.39 Å². The Labute approximate surface area is 91.2 Å². The first-order valence-corrected chi connectivity index (χ1v) is 5.52. The van der Waals surface area contributed by atoms with Crippen LogP contribution in [0.25, 0.3) is 0 Å². The predicted molar refractivity (Wildman–Crippen MR) is 59.7 cm³/mol. The first-order chi connectivity index (χ1) is 6.72. The van der Waals surface area contributed by atoms with Crippen molar-refractivity contribution in [1.82, 2.24) is 0 Å². The van der Waals surface area contributed by atoms with E-state index in [1.165, 1.54) is 0 Å². The molecule has 0 saturated carbocycles.